The normalized spacial score (nSPS) is 11.8. The summed E-state index contributed by atoms with van der Waals surface area (Å²) >= 11 is 0. The number of ether oxygens (including phenoxy) is 1. The van der Waals surface area contributed by atoms with Gasteiger partial charge in [0.1, 0.15) is 5.75 Å². The Bertz CT molecular complexity index is 2610. The molecule has 2 aromatic heterocycles. The molecular formula is C43H28O7. The van der Waals surface area contributed by atoms with Crippen LogP contribution in [0.5, 0.6) is 5.75 Å². The Morgan fingerprint density at radius 3 is 1.54 bits per heavy atom. The molecule has 0 atom stereocenters. The number of carbonyl (C=O) groups excluding carboxylic acids is 1. The highest BCUT2D eigenvalue weighted by atomic mass is 16.5. The van der Waals surface area contributed by atoms with Crippen molar-refractivity contribution in [2.45, 2.75) is 6.92 Å². The van der Waals surface area contributed by atoms with E-state index in [0.29, 0.717) is 49.4 Å². The van der Waals surface area contributed by atoms with Gasteiger partial charge in [-0.25, -0.2) is 14.4 Å². The largest absolute Gasteiger partial charge is 0.506 e. The molecule has 6 aromatic carbocycles. The van der Waals surface area contributed by atoms with Crippen LogP contribution >= 0.6 is 0 Å². The number of phenolic OH excluding ortho intramolecular Hbond substituents is 1. The van der Waals surface area contributed by atoms with E-state index in [1.807, 2.05) is 115 Å². The molecule has 0 saturated carbocycles. The van der Waals surface area contributed by atoms with Crippen molar-refractivity contribution < 1.29 is 23.5 Å². The molecule has 0 fully saturated rings. The highest BCUT2D eigenvalue weighted by Crippen LogP contribution is 2.48. The van der Waals surface area contributed by atoms with Gasteiger partial charge in [-0.05, 0) is 68.8 Å². The SMILES string of the molecule is CCOC(=O)/C=C(/c1ccccc1)c1c2ccc3c(-c4ccccc4)cc(=O)oc3c2c(O)c2c1ccc1c(-c3ccccc3)cc(=O)oc12. The van der Waals surface area contributed by atoms with Crippen LogP contribution in [0.25, 0.3) is 71.3 Å². The molecule has 0 bridgehead atoms. The van der Waals surface area contributed by atoms with Crippen LogP contribution in [-0.4, -0.2) is 17.7 Å². The molecule has 7 heteroatoms. The molecule has 0 saturated heterocycles. The van der Waals surface area contributed by atoms with Gasteiger partial charge in [0.05, 0.1) is 17.4 Å². The molecule has 1 N–H and O–H groups in total. The van der Waals surface area contributed by atoms with Crippen molar-refractivity contribution in [3.05, 3.63) is 165 Å². The highest BCUT2D eigenvalue weighted by Gasteiger charge is 2.25. The fourth-order valence-electron chi connectivity index (χ4n) is 6.83. The Kier molecular flexibility index (Phi) is 7.57. The van der Waals surface area contributed by atoms with Crippen LogP contribution in [-0.2, 0) is 9.53 Å². The van der Waals surface area contributed by atoms with Crippen LogP contribution in [0.1, 0.15) is 18.1 Å². The number of esters is 1. The molecule has 0 aliphatic carbocycles. The minimum absolute atomic E-state index is 0.150. The summed E-state index contributed by atoms with van der Waals surface area (Å²) in [5.74, 6) is -0.793. The van der Waals surface area contributed by atoms with E-state index in [9.17, 15) is 19.5 Å². The molecule has 0 unspecified atom stereocenters. The summed E-state index contributed by atoms with van der Waals surface area (Å²) in [5.41, 5.74) is 3.68. The van der Waals surface area contributed by atoms with Gasteiger partial charge in [0.15, 0.2) is 11.2 Å². The summed E-state index contributed by atoms with van der Waals surface area (Å²) in [6.45, 7) is 1.90. The van der Waals surface area contributed by atoms with Crippen LogP contribution in [0.3, 0.4) is 0 Å². The summed E-state index contributed by atoms with van der Waals surface area (Å²) in [6.07, 6.45) is 1.42. The van der Waals surface area contributed by atoms with E-state index < -0.39 is 17.2 Å². The zero-order valence-electron chi connectivity index (χ0n) is 26.8. The van der Waals surface area contributed by atoms with Crippen molar-refractivity contribution in [2.75, 3.05) is 6.61 Å². The summed E-state index contributed by atoms with van der Waals surface area (Å²) < 4.78 is 17.3. The number of hydrogen-bond donors (Lipinski definition) is 1. The van der Waals surface area contributed by atoms with Crippen molar-refractivity contribution >= 4 is 55.0 Å². The molecule has 0 aliphatic heterocycles. The number of phenols is 1. The first-order valence-electron chi connectivity index (χ1n) is 16.1. The van der Waals surface area contributed by atoms with E-state index in [2.05, 4.69) is 0 Å². The summed E-state index contributed by atoms with van der Waals surface area (Å²) in [4.78, 5) is 39.7. The maximum absolute atomic E-state index is 13.2. The second-order valence-electron chi connectivity index (χ2n) is 11.8. The number of fused-ring (bicyclic) bond motifs is 6. The Morgan fingerprint density at radius 2 is 1.08 bits per heavy atom. The lowest BCUT2D eigenvalue weighted by Crippen LogP contribution is -2.04. The molecule has 0 amide bonds. The fourth-order valence-corrected chi connectivity index (χ4v) is 6.83. The quantitative estimate of drug-likeness (QED) is 0.0625. The van der Waals surface area contributed by atoms with Gasteiger partial charge in [-0.2, -0.15) is 0 Å². The Labute approximate surface area is 284 Å². The molecular weight excluding hydrogens is 628 g/mol. The number of aromatic hydroxyl groups is 1. The van der Waals surface area contributed by atoms with Crippen molar-refractivity contribution in [1.29, 1.82) is 0 Å². The van der Waals surface area contributed by atoms with E-state index in [-0.39, 0.29) is 34.3 Å². The van der Waals surface area contributed by atoms with Crippen LogP contribution < -0.4 is 11.3 Å². The van der Waals surface area contributed by atoms with Crippen LogP contribution in [0, 0.1) is 0 Å². The third-order valence-electron chi connectivity index (χ3n) is 8.91. The summed E-state index contributed by atoms with van der Waals surface area (Å²) in [7, 11) is 0. The van der Waals surface area contributed by atoms with Crippen molar-refractivity contribution in [2.24, 2.45) is 0 Å². The fraction of sp³-hybridized carbons (Fsp3) is 0.0465. The summed E-state index contributed by atoms with van der Waals surface area (Å²) in [6, 6.07) is 38.5. The second kappa shape index (κ2) is 12.4. The van der Waals surface area contributed by atoms with E-state index in [0.717, 1.165) is 11.1 Å². The number of carbonyl (C=O) groups is 1. The second-order valence-corrected chi connectivity index (χ2v) is 11.8. The first kappa shape index (κ1) is 30.6. The molecule has 0 spiro atoms. The number of hydrogen-bond acceptors (Lipinski definition) is 7. The van der Waals surface area contributed by atoms with Crippen LogP contribution in [0.2, 0.25) is 0 Å². The van der Waals surface area contributed by atoms with Gasteiger partial charge >= 0.3 is 17.2 Å². The predicted octanol–water partition coefficient (Wildman–Crippen LogP) is 9.24. The van der Waals surface area contributed by atoms with Gasteiger partial charge in [-0.3, -0.25) is 0 Å². The van der Waals surface area contributed by atoms with E-state index in [1.54, 1.807) is 6.92 Å². The number of benzene rings is 6. The first-order chi connectivity index (χ1) is 24.4. The topological polar surface area (TPSA) is 107 Å². The van der Waals surface area contributed by atoms with E-state index in [4.69, 9.17) is 13.6 Å². The van der Waals surface area contributed by atoms with Gasteiger partial charge in [0, 0.05) is 29.0 Å². The lowest BCUT2D eigenvalue weighted by atomic mass is 9.85. The monoisotopic (exact) mass is 656 g/mol. The van der Waals surface area contributed by atoms with E-state index in [1.165, 1.54) is 18.2 Å². The van der Waals surface area contributed by atoms with Crippen molar-refractivity contribution in [3.8, 4) is 28.0 Å². The van der Waals surface area contributed by atoms with Crippen LogP contribution in [0.4, 0.5) is 0 Å². The average Bonchev–Trinajstić information content (AvgIpc) is 3.14. The number of rotatable bonds is 6. The van der Waals surface area contributed by atoms with Gasteiger partial charge in [-0.1, -0.05) is 103 Å². The zero-order valence-corrected chi connectivity index (χ0v) is 26.8. The maximum Gasteiger partial charge on any atom is 0.336 e. The predicted molar refractivity (Wildman–Crippen MR) is 196 cm³/mol. The lowest BCUT2D eigenvalue weighted by Gasteiger charge is -2.19. The minimum atomic E-state index is -0.605. The highest BCUT2D eigenvalue weighted by molar-refractivity contribution is 6.27. The van der Waals surface area contributed by atoms with Gasteiger partial charge < -0.3 is 18.7 Å². The van der Waals surface area contributed by atoms with Gasteiger partial charge in [0.2, 0.25) is 0 Å². The maximum atomic E-state index is 13.2. The molecule has 50 heavy (non-hydrogen) atoms. The third kappa shape index (κ3) is 5.13. The average molecular weight is 657 g/mol. The van der Waals surface area contributed by atoms with E-state index >= 15 is 0 Å². The standard InChI is InChI=1S/C43H28O7/c1-2-48-35(44)24-34(27-16-10-5-11-17-27)38-30-20-18-28-32(25-12-6-3-7-13-25)22-36(45)49-42(28)39(30)41(47)40-31(38)21-19-29-33(23-37(46)50-43(29)40)26-14-8-4-9-15-26/h3-24,47H,2H2,1H3/b34-24-. The zero-order chi connectivity index (χ0) is 34.4. The van der Waals surface area contributed by atoms with Crippen molar-refractivity contribution in [1.82, 2.24) is 0 Å². The lowest BCUT2D eigenvalue weighted by molar-refractivity contribution is -0.137. The molecule has 8 rings (SSSR count). The molecule has 242 valence electrons. The van der Waals surface area contributed by atoms with Crippen LogP contribution in [0.15, 0.2) is 152 Å². The van der Waals surface area contributed by atoms with Crippen molar-refractivity contribution in [3.63, 3.8) is 0 Å². The van der Waals surface area contributed by atoms with Gasteiger partial charge in [-0.15, -0.1) is 0 Å². The molecule has 0 aliphatic rings. The Balaban J connectivity index is 1.61. The molecule has 7 nitrogen and oxygen atoms in total. The Hall–Kier alpha value is -6.73. The first-order valence-corrected chi connectivity index (χ1v) is 16.1. The van der Waals surface area contributed by atoms with Gasteiger partial charge in [0.25, 0.3) is 0 Å². The summed E-state index contributed by atoms with van der Waals surface area (Å²) in [5, 5.41) is 15.1. The molecule has 8 aromatic rings. The molecule has 0 radical (unpaired) electrons. The smallest absolute Gasteiger partial charge is 0.336 e. The third-order valence-corrected chi connectivity index (χ3v) is 8.91. The Morgan fingerprint density at radius 1 is 0.640 bits per heavy atom. The minimum Gasteiger partial charge on any atom is -0.506 e. The molecule has 2 heterocycles.